The summed E-state index contributed by atoms with van der Waals surface area (Å²) in [6.45, 7) is 2.95. The van der Waals surface area contributed by atoms with Crippen molar-refractivity contribution < 1.29 is 22.7 Å². The third kappa shape index (κ3) is 7.76. The minimum Gasteiger partial charge on any atom is -0.382 e. The quantitative estimate of drug-likeness (QED) is 0.508. The highest BCUT2D eigenvalue weighted by Crippen LogP contribution is 2.18. The SMILES string of the molecule is CCOCCCN(CC(F)(F)F)C(=O)C(C)CCl. The van der Waals surface area contributed by atoms with Gasteiger partial charge in [0.2, 0.25) is 5.91 Å². The highest BCUT2D eigenvalue weighted by Gasteiger charge is 2.33. The average molecular weight is 290 g/mol. The standard InChI is InChI=1S/C11H19ClF3NO2/c1-3-18-6-4-5-16(8-11(13,14)15)10(17)9(2)7-12/h9H,3-8H2,1-2H3. The number of hydrogen-bond donors (Lipinski definition) is 0. The van der Waals surface area contributed by atoms with E-state index in [2.05, 4.69) is 0 Å². The normalized spacial score (nSPS) is 13.4. The van der Waals surface area contributed by atoms with Gasteiger partial charge in [0.05, 0.1) is 0 Å². The van der Waals surface area contributed by atoms with Crippen LogP contribution in [0.4, 0.5) is 13.2 Å². The van der Waals surface area contributed by atoms with Gasteiger partial charge in [0, 0.05) is 31.6 Å². The number of carbonyl (C=O) groups excluding carboxylic acids is 1. The van der Waals surface area contributed by atoms with Gasteiger partial charge in [-0.05, 0) is 13.3 Å². The molecular formula is C11H19ClF3NO2. The molecule has 0 radical (unpaired) electrons. The van der Waals surface area contributed by atoms with E-state index in [1.165, 1.54) is 6.92 Å². The van der Waals surface area contributed by atoms with Crippen LogP contribution in [0, 0.1) is 5.92 Å². The minimum atomic E-state index is -4.40. The maximum absolute atomic E-state index is 12.4. The van der Waals surface area contributed by atoms with Gasteiger partial charge >= 0.3 is 6.18 Å². The molecule has 0 aliphatic heterocycles. The Morgan fingerprint density at radius 2 is 2.06 bits per heavy atom. The molecule has 0 N–H and O–H groups in total. The van der Waals surface area contributed by atoms with Crippen LogP contribution in [0.1, 0.15) is 20.3 Å². The Bertz CT molecular complexity index is 249. The number of ether oxygens (including phenoxy) is 1. The van der Waals surface area contributed by atoms with Gasteiger partial charge < -0.3 is 9.64 Å². The smallest absolute Gasteiger partial charge is 0.382 e. The minimum absolute atomic E-state index is 0.0126. The van der Waals surface area contributed by atoms with E-state index in [1.54, 1.807) is 6.92 Å². The Morgan fingerprint density at radius 1 is 1.44 bits per heavy atom. The monoisotopic (exact) mass is 289 g/mol. The van der Waals surface area contributed by atoms with Crippen LogP contribution >= 0.6 is 11.6 Å². The third-order valence-corrected chi connectivity index (χ3v) is 2.72. The zero-order valence-corrected chi connectivity index (χ0v) is 11.4. The molecule has 0 heterocycles. The van der Waals surface area contributed by atoms with E-state index in [-0.39, 0.29) is 12.4 Å². The largest absolute Gasteiger partial charge is 0.406 e. The highest BCUT2D eigenvalue weighted by atomic mass is 35.5. The number of carbonyl (C=O) groups is 1. The second kappa shape index (κ2) is 8.58. The average Bonchev–Trinajstić information content (AvgIpc) is 2.29. The van der Waals surface area contributed by atoms with Crippen molar-refractivity contribution in [1.29, 1.82) is 0 Å². The van der Waals surface area contributed by atoms with E-state index < -0.39 is 24.5 Å². The summed E-state index contributed by atoms with van der Waals surface area (Å²) in [5, 5.41) is 0. The van der Waals surface area contributed by atoms with Gasteiger partial charge in [-0.25, -0.2) is 0 Å². The first-order chi connectivity index (χ1) is 8.31. The van der Waals surface area contributed by atoms with Crippen molar-refractivity contribution in [2.45, 2.75) is 26.4 Å². The second-order valence-corrected chi connectivity index (χ2v) is 4.29. The summed E-state index contributed by atoms with van der Waals surface area (Å²) < 4.78 is 42.1. The van der Waals surface area contributed by atoms with E-state index in [1.807, 2.05) is 0 Å². The van der Waals surface area contributed by atoms with Gasteiger partial charge in [0.1, 0.15) is 6.54 Å². The highest BCUT2D eigenvalue weighted by molar-refractivity contribution is 6.19. The molecule has 0 fully saturated rings. The number of nitrogens with zero attached hydrogens (tertiary/aromatic N) is 1. The Labute approximate surface area is 110 Å². The van der Waals surface area contributed by atoms with Crippen LogP contribution in [0.25, 0.3) is 0 Å². The van der Waals surface area contributed by atoms with Crippen molar-refractivity contribution in [3.8, 4) is 0 Å². The van der Waals surface area contributed by atoms with Crippen LogP contribution in [0.15, 0.2) is 0 Å². The lowest BCUT2D eigenvalue weighted by Gasteiger charge is -2.26. The fourth-order valence-corrected chi connectivity index (χ4v) is 1.50. The van der Waals surface area contributed by atoms with Crippen LogP contribution in [-0.4, -0.2) is 49.2 Å². The molecule has 0 spiro atoms. The lowest BCUT2D eigenvalue weighted by atomic mass is 10.2. The van der Waals surface area contributed by atoms with Crippen LogP contribution in [0.5, 0.6) is 0 Å². The molecule has 7 heteroatoms. The van der Waals surface area contributed by atoms with E-state index >= 15 is 0 Å². The van der Waals surface area contributed by atoms with Crippen LogP contribution in [0.3, 0.4) is 0 Å². The molecule has 0 saturated heterocycles. The summed E-state index contributed by atoms with van der Waals surface area (Å²) in [4.78, 5) is 12.5. The molecule has 1 amide bonds. The van der Waals surface area contributed by atoms with Crippen molar-refractivity contribution >= 4 is 17.5 Å². The molecule has 108 valence electrons. The molecule has 0 aromatic carbocycles. The lowest BCUT2D eigenvalue weighted by Crippen LogP contribution is -2.42. The molecule has 0 saturated carbocycles. The molecule has 18 heavy (non-hydrogen) atoms. The Kier molecular flexibility index (Phi) is 8.35. The molecule has 0 aliphatic rings. The second-order valence-electron chi connectivity index (χ2n) is 3.98. The van der Waals surface area contributed by atoms with Crippen LogP contribution in [0.2, 0.25) is 0 Å². The predicted octanol–water partition coefficient (Wildman–Crippen LogP) is 2.68. The van der Waals surface area contributed by atoms with Gasteiger partial charge in [-0.15, -0.1) is 11.6 Å². The Hall–Kier alpha value is -0.490. The van der Waals surface area contributed by atoms with Gasteiger partial charge in [0.25, 0.3) is 0 Å². The van der Waals surface area contributed by atoms with Crippen molar-refractivity contribution in [3.05, 3.63) is 0 Å². The topological polar surface area (TPSA) is 29.5 Å². The van der Waals surface area contributed by atoms with Crippen LogP contribution in [-0.2, 0) is 9.53 Å². The first-order valence-electron chi connectivity index (χ1n) is 5.81. The summed E-state index contributed by atoms with van der Waals surface area (Å²) in [5.74, 6) is -1.17. The molecule has 0 aromatic rings. The summed E-state index contributed by atoms with van der Waals surface area (Å²) in [6, 6.07) is 0. The number of alkyl halides is 4. The Morgan fingerprint density at radius 3 is 2.50 bits per heavy atom. The molecule has 1 atom stereocenters. The fraction of sp³-hybridized carbons (Fsp3) is 0.909. The van der Waals surface area contributed by atoms with Gasteiger partial charge in [-0.2, -0.15) is 13.2 Å². The summed E-state index contributed by atoms with van der Waals surface area (Å²) in [7, 11) is 0. The fourth-order valence-electron chi connectivity index (χ4n) is 1.36. The van der Waals surface area contributed by atoms with Gasteiger partial charge in [-0.3, -0.25) is 4.79 Å². The molecular weight excluding hydrogens is 271 g/mol. The lowest BCUT2D eigenvalue weighted by molar-refractivity contribution is -0.163. The van der Waals surface area contributed by atoms with Crippen LogP contribution < -0.4 is 0 Å². The van der Waals surface area contributed by atoms with E-state index in [9.17, 15) is 18.0 Å². The molecule has 0 aliphatic carbocycles. The maximum Gasteiger partial charge on any atom is 0.406 e. The number of amides is 1. The van der Waals surface area contributed by atoms with Crippen molar-refractivity contribution in [1.82, 2.24) is 4.90 Å². The maximum atomic E-state index is 12.4. The first-order valence-corrected chi connectivity index (χ1v) is 6.34. The number of halogens is 4. The van der Waals surface area contributed by atoms with Gasteiger partial charge in [0.15, 0.2) is 0 Å². The third-order valence-electron chi connectivity index (χ3n) is 2.26. The number of rotatable bonds is 8. The number of hydrogen-bond acceptors (Lipinski definition) is 2. The van der Waals surface area contributed by atoms with E-state index in [4.69, 9.17) is 16.3 Å². The first kappa shape index (κ1) is 17.5. The molecule has 0 aromatic heterocycles. The molecule has 1 unspecified atom stereocenters. The predicted molar refractivity (Wildman–Crippen MR) is 63.6 cm³/mol. The zero-order chi connectivity index (χ0) is 14.2. The summed E-state index contributed by atoms with van der Waals surface area (Å²) in [6.07, 6.45) is -4.02. The van der Waals surface area contributed by atoms with Crippen molar-refractivity contribution in [3.63, 3.8) is 0 Å². The van der Waals surface area contributed by atoms with Crippen molar-refractivity contribution in [2.24, 2.45) is 5.92 Å². The van der Waals surface area contributed by atoms with E-state index in [0.717, 1.165) is 4.90 Å². The summed E-state index contributed by atoms with van der Waals surface area (Å²) in [5.41, 5.74) is 0. The van der Waals surface area contributed by atoms with Crippen molar-refractivity contribution in [2.75, 3.05) is 32.2 Å². The molecule has 0 bridgehead atoms. The zero-order valence-electron chi connectivity index (χ0n) is 10.6. The van der Waals surface area contributed by atoms with E-state index in [0.29, 0.717) is 19.6 Å². The Balaban J connectivity index is 4.38. The molecule has 0 rings (SSSR count). The van der Waals surface area contributed by atoms with Gasteiger partial charge in [-0.1, -0.05) is 6.92 Å². The molecule has 3 nitrogen and oxygen atoms in total. The summed E-state index contributed by atoms with van der Waals surface area (Å²) >= 11 is 5.49.